The Bertz CT molecular complexity index is 1040. The molecule has 28 heavy (non-hydrogen) atoms. The van der Waals surface area contributed by atoms with Gasteiger partial charge in [-0.25, -0.2) is 9.97 Å². The van der Waals surface area contributed by atoms with Gasteiger partial charge in [-0.3, -0.25) is 4.79 Å². The van der Waals surface area contributed by atoms with Gasteiger partial charge in [0.2, 0.25) is 5.95 Å². The first-order valence-corrected chi connectivity index (χ1v) is 9.53. The fourth-order valence-electron chi connectivity index (χ4n) is 3.89. The van der Waals surface area contributed by atoms with Crippen LogP contribution >= 0.6 is 0 Å². The van der Waals surface area contributed by atoms with Crippen molar-refractivity contribution in [3.8, 4) is 0 Å². The van der Waals surface area contributed by atoms with Crippen molar-refractivity contribution >= 4 is 23.2 Å². The lowest BCUT2D eigenvalue weighted by Crippen LogP contribution is -2.27. The van der Waals surface area contributed by atoms with Crippen molar-refractivity contribution in [2.24, 2.45) is 0 Å². The molecule has 4 rings (SSSR count). The molecule has 5 nitrogen and oxygen atoms in total. The monoisotopic (exact) mass is 372 g/mol. The highest BCUT2D eigenvalue weighted by atomic mass is 16.1. The zero-order chi connectivity index (χ0) is 19.8. The van der Waals surface area contributed by atoms with Crippen molar-refractivity contribution < 1.29 is 4.79 Å². The van der Waals surface area contributed by atoms with E-state index >= 15 is 0 Å². The fourth-order valence-corrected chi connectivity index (χ4v) is 3.89. The summed E-state index contributed by atoms with van der Waals surface area (Å²) in [5, 5.41) is 2.97. The summed E-state index contributed by atoms with van der Waals surface area (Å²) in [6.07, 6.45) is 0.942. The van der Waals surface area contributed by atoms with Gasteiger partial charge < -0.3 is 10.2 Å². The SMILES string of the molecule is Cc1cc(C)cc(NC(=O)c2cc(C)nc(N3c4ccccc4CC3C)n2)c1. The number of hydrogen-bond donors (Lipinski definition) is 1. The summed E-state index contributed by atoms with van der Waals surface area (Å²) < 4.78 is 0. The first kappa shape index (κ1) is 18.2. The van der Waals surface area contributed by atoms with Crippen LogP contribution in [-0.2, 0) is 6.42 Å². The van der Waals surface area contributed by atoms with Crippen molar-refractivity contribution in [3.05, 3.63) is 76.6 Å². The molecule has 0 fully saturated rings. The van der Waals surface area contributed by atoms with Crippen molar-refractivity contribution in [3.63, 3.8) is 0 Å². The van der Waals surface area contributed by atoms with Gasteiger partial charge in [-0.1, -0.05) is 24.3 Å². The maximum absolute atomic E-state index is 12.9. The minimum Gasteiger partial charge on any atom is -0.321 e. The number of anilines is 3. The third kappa shape index (κ3) is 3.48. The van der Waals surface area contributed by atoms with Crippen LogP contribution in [0.25, 0.3) is 0 Å². The highest BCUT2D eigenvalue weighted by molar-refractivity contribution is 6.03. The number of carbonyl (C=O) groups excluding carboxylic acids is 1. The molecule has 0 saturated carbocycles. The third-order valence-corrected chi connectivity index (χ3v) is 4.98. The molecule has 1 aliphatic rings. The molecule has 5 heteroatoms. The molecule has 0 radical (unpaired) electrons. The number of fused-ring (bicyclic) bond motifs is 1. The molecule has 1 N–H and O–H groups in total. The van der Waals surface area contributed by atoms with Crippen LogP contribution in [0.4, 0.5) is 17.3 Å². The number of carbonyl (C=O) groups is 1. The van der Waals surface area contributed by atoms with E-state index < -0.39 is 0 Å². The Morgan fingerprint density at radius 1 is 1.04 bits per heavy atom. The Kier molecular flexibility index (Phi) is 4.59. The predicted molar refractivity (Wildman–Crippen MR) is 112 cm³/mol. The van der Waals surface area contributed by atoms with Gasteiger partial charge in [-0.15, -0.1) is 0 Å². The highest BCUT2D eigenvalue weighted by Gasteiger charge is 2.29. The van der Waals surface area contributed by atoms with Crippen molar-refractivity contribution in [2.45, 2.75) is 40.2 Å². The van der Waals surface area contributed by atoms with E-state index in [-0.39, 0.29) is 11.9 Å². The normalized spacial score (nSPS) is 15.4. The fraction of sp³-hybridized carbons (Fsp3) is 0.261. The van der Waals surface area contributed by atoms with Gasteiger partial charge in [-0.2, -0.15) is 0 Å². The number of benzene rings is 2. The first-order chi connectivity index (χ1) is 13.4. The third-order valence-electron chi connectivity index (χ3n) is 4.98. The Balaban J connectivity index is 1.67. The van der Waals surface area contributed by atoms with E-state index in [0.717, 1.165) is 34.6 Å². The lowest BCUT2D eigenvalue weighted by molar-refractivity contribution is 0.102. The van der Waals surface area contributed by atoms with Gasteiger partial charge in [0.1, 0.15) is 5.69 Å². The molecule has 1 amide bonds. The summed E-state index contributed by atoms with van der Waals surface area (Å²) in [5.74, 6) is 0.347. The van der Waals surface area contributed by atoms with E-state index in [1.807, 2.05) is 39.0 Å². The van der Waals surface area contributed by atoms with E-state index in [1.54, 1.807) is 6.07 Å². The molecule has 3 aromatic rings. The molecule has 1 aromatic heterocycles. The first-order valence-electron chi connectivity index (χ1n) is 9.53. The zero-order valence-corrected chi connectivity index (χ0v) is 16.7. The Hall–Kier alpha value is -3.21. The summed E-state index contributed by atoms with van der Waals surface area (Å²) in [5.41, 5.74) is 6.53. The van der Waals surface area contributed by atoms with Gasteiger partial charge in [-0.05, 0) is 75.1 Å². The van der Waals surface area contributed by atoms with Crippen LogP contribution in [0.5, 0.6) is 0 Å². The number of aryl methyl sites for hydroxylation is 3. The van der Waals surface area contributed by atoms with Gasteiger partial charge in [0.25, 0.3) is 5.91 Å². The molecule has 2 aromatic carbocycles. The summed E-state index contributed by atoms with van der Waals surface area (Å²) in [4.78, 5) is 24.2. The van der Waals surface area contributed by atoms with Gasteiger partial charge in [0.15, 0.2) is 0 Å². The van der Waals surface area contributed by atoms with E-state index in [1.165, 1.54) is 5.56 Å². The summed E-state index contributed by atoms with van der Waals surface area (Å²) in [6.45, 7) is 8.08. The summed E-state index contributed by atoms with van der Waals surface area (Å²) in [6, 6.07) is 16.3. The van der Waals surface area contributed by atoms with Crippen molar-refractivity contribution in [2.75, 3.05) is 10.2 Å². The summed E-state index contributed by atoms with van der Waals surface area (Å²) >= 11 is 0. The number of nitrogens with zero attached hydrogens (tertiary/aromatic N) is 3. The molecule has 142 valence electrons. The number of rotatable bonds is 3. The predicted octanol–water partition coefficient (Wildman–Crippen LogP) is 4.74. The van der Waals surface area contributed by atoms with E-state index in [2.05, 4.69) is 51.4 Å². The van der Waals surface area contributed by atoms with Gasteiger partial charge in [0, 0.05) is 23.1 Å². The van der Waals surface area contributed by atoms with E-state index in [4.69, 9.17) is 0 Å². The van der Waals surface area contributed by atoms with Crippen LogP contribution in [0.15, 0.2) is 48.5 Å². The number of hydrogen-bond acceptors (Lipinski definition) is 4. The maximum Gasteiger partial charge on any atom is 0.274 e. The second-order valence-electron chi connectivity index (χ2n) is 7.58. The highest BCUT2D eigenvalue weighted by Crippen LogP contribution is 2.36. The Morgan fingerprint density at radius 2 is 1.75 bits per heavy atom. The van der Waals surface area contributed by atoms with Crippen LogP contribution in [0.1, 0.15) is 39.8 Å². The van der Waals surface area contributed by atoms with Crippen LogP contribution in [0, 0.1) is 20.8 Å². The van der Waals surface area contributed by atoms with Crippen LogP contribution in [-0.4, -0.2) is 21.9 Å². The topological polar surface area (TPSA) is 58.1 Å². The summed E-state index contributed by atoms with van der Waals surface area (Å²) in [7, 11) is 0. The van der Waals surface area contributed by atoms with Crippen molar-refractivity contribution in [1.82, 2.24) is 9.97 Å². The Morgan fingerprint density at radius 3 is 2.50 bits per heavy atom. The number of para-hydroxylation sites is 1. The van der Waals surface area contributed by atoms with Gasteiger partial charge in [0.05, 0.1) is 0 Å². The average Bonchev–Trinajstić information content (AvgIpc) is 2.96. The van der Waals surface area contributed by atoms with Crippen LogP contribution in [0.3, 0.4) is 0 Å². The molecule has 1 aliphatic heterocycles. The van der Waals surface area contributed by atoms with Crippen molar-refractivity contribution in [1.29, 1.82) is 0 Å². The van der Waals surface area contributed by atoms with E-state index in [9.17, 15) is 4.79 Å². The molecule has 0 aliphatic carbocycles. The lowest BCUT2D eigenvalue weighted by atomic mass is 10.1. The standard InChI is InChI=1S/C23H24N4O/c1-14-9-15(2)11-19(10-14)25-22(28)20-12-16(3)24-23(26-20)27-17(4)13-18-7-5-6-8-21(18)27/h5-12,17H,13H2,1-4H3,(H,25,28). The minimum atomic E-state index is -0.225. The molecule has 1 unspecified atom stereocenters. The molecular weight excluding hydrogens is 348 g/mol. The molecule has 2 heterocycles. The molecule has 0 saturated heterocycles. The smallest absolute Gasteiger partial charge is 0.274 e. The Labute approximate surface area is 165 Å². The quantitative estimate of drug-likeness (QED) is 0.722. The average molecular weight is 372 g/mol. The van der Waals surface area contributed by atoms with Crippen LogP contribution in [0.2, 0.25) is 0 Å². The molecule has 0 bridgehead atoms. The minimum absolute atomic E-state index is 0.225. The van der Waals surface area contributed by atoms with Gasteiger partial charge >= 0.3 is 0 Å². The largest absolute Gasteiger partial charge is 0.321 e. The number of aromatic nitrogens is 2. The lowest BCUT2D eigenvalue weighted by Gasteiger charge is -2.23. The second-order valence-corrected chi connectivity index (χ2v) is 7.58. The number of nitrogens with one attached hydrogen (secondary N) is 1. The zero-order valence-electron chi connectivity index (χ0n) is 16.7. The van der Waals surface area contributed by atoms with Crippen LogP contribution < -0.4 is 10.2 Å². The number of amides is 1. The second kappa shape index (κ2) is 7.08. The molecule has 1 atom stereocenters. The maximum atomic E-state index is 12.9. The van der Waals surface area contributed by atoms with E-state index in [0.29, 0.717) is 11.6 Å². The molecule has 0 spiro atoms. The molecular formula is C23H24N4O.